The fraction of sp³-hybridized carbons (Fsp3) is 0.647. The van der Waals surface area contributed by atoms with Crippen molar-refractivity contribution in [1.82, 2.24) is 5.32 Å². The lowest BCUT2D eigenvalue weighted by molar-refractivity contribution is 0.558. The van der Waals surface area contributed by atoms with Gasteiger partial charge in [0.05, 0.1) is 11.5 Å². The van der Waals surface area contributed by atoms with Crippen molar-refractivity contribution in [2.45, 2.75) is 46.1 Å². The summed E-state index contributed by atoms with van der Waals surface area (Å²) >= 11 is 0. The Bertz CT molecular complexity index is 518. The van der Waals surface area contributed by atoms with Gasteiger partial charge in [-0.25, -0.2) is 8.42 Å². The molecule has 0 radical (unpaired) electrons. The molecule has 0 aliphatic rings. The lowest BCUT2D eigenvalue weighted by Gasteiger charge is -2.18. The summed E-state index contributed by atoms with van der Waals surface area (Å²) < 4.78 is 24.4. The van der Waals surface area contributed by atoms with Crippen molar-refractivity contribution in [2.24, 2.45) is 5.92 Å². The molecule has 0 spiro atoms. The summed E-state index contributed by atoms with van der Waals surface area (Å²) in [5, 5.41) is 3.13. The molecule has 0 aliphatic heterocycles. The van der Waals surface area contributed by atoms with Crippen LogP contribution < -0.4 is 5.32 Å². The Morgan fingerprint density at radius 1 is 1.00 bits per heavy atom. The van der Waals surface area contributed by atoms with Crippen molar-refractivity contribution in [2.75, 3.05) is 18.6 Å². The van der Waals surface area contributed by atoms with E-state index in [2.05, 4.69) is 45.1 Å². The van der Waals surface area contributed by atoms with Crippen LogP contribution in [0, 0.1) is 5.92 Å². The summed E-state index contributed by atoms with van der Waals surface area (Å²) in [5.74, 6) is 1.34. The zero-order valence-corrected chi connectivity index (χ0v) is 14.7. The summed E-state index contributed by atoms with van der Waals surface area (Å²) in [6.07, 6.45) is 0.727. The van der Waals surface area contributed by atoms with Crippen molar-refractivity contribution >= 4 is 9.84 Å². The van der Waals surface area contributed by atoms with Gasteiger partial charge in [0.25, 0.3) is 0 Å². The molecule has 1 unspecified atom stereocenters. The van der Waals surface area contributed by atoms with E-state index in [9.17, 15) is 8.42 Å². The normalized spacial score (nSPS) is 13.9. The number of rotatable bonds is 8. The first-order valence-corrected chi connectivity index (χ1v) is 9.55. The van der Waals surface area contributed by atoms with Crippen LogP contribution in [0.3, 0.4) is 0 Å². The molecule has 0 amide bonds. The predicted molar refractivity (Wildman–Crippen MR) is 90.4 cm³/mol. The molecule has 1 N–H and O–H groups in total. The average Bonchev–Trinajstić information content (AvgIpc) is 2.43. The maximum Gasteiger partial charge on any atom is 0.152 e. The van der Waals surface area contributed by atoms with Crippen molar-refractivity contribution < 1.29 is 8.42 Å². The predicted octanol–water partition coefficient (Wildman–Crippen LogP) is 3.53. The maximum absolute atomic E-state index is 12.2. The Morgan fingerprint density at radius 3 is 1.95 bits per heavy atom. The molecule has 0 saturated heterocycles. The molecule has 1 aromatic carbocycles. The van der Waals surface area contributed by atoms with E-state index >= 15 is 0 Å². The van der Waals surface area contributed by atoms with E-state index in [1.807, 2.05) is 19.2 Å². The van der Waals surface area contributed by atoms with Crippen LogP contribution in [0.15, 0.2) is 24.3 Å². The van der Waals surface area contributed by atoms with E-state index in [0.717, 1.165) is 12.0 Å². The van der Waals surface area contributed by atoms with Gasteiger partial charge < -0.3 is 5.32 Å². The van der Waals surface area contributed by atoms with Gasteiger partial charge in [-0.1, -0.05) is 52.0 Å². The fourth-order valence-corrected chi connectivity index (χ4v) is 4.08. The molecule has 0 bridgehead atoms. The lowest BCUT2D eigenvalue weighted by Crippen LogP contribution is -2.27. The van der Waals surface area contributed by atoms with E-state index in [1.54, 1.807) is 0 Å². The summed E-state index contributed by atoms with van der Waals surface area (Å²) in [6.45, 7) is 8.41. The monoisotopic (exact) mass is 311 g/mol. The molecule has 0 aromatic heterocycles. The number of hydrogen-bond acceptors (Lipinski definition) is 3. The molecule has 3 nitrogen and oxygen atoms in total. The number of hydrogen-bond donors (Lipinski definition) is 1. The smallest absolute Gasteiger partial charge is 0.152 e. The zero-order chi connectivity index (χ0) is 16.0. The van der Waals surface area contributed by atoms with Gasteiger partial charge in [0, 0.05) is 6.04 Å². The minimum atomic E-state index is -3.03. The Labute approximate surface area is 130 Å². The first kappa shape index (κ1) is 18.2. The quantitative estimate of drug-likeness (QED) is 0.799. The third kappa shape index (κ3) is 6.18. The molecular formula is C17H29NO2S. The van der Waals surface area contributed by atoms with Gasteiger partial charge in [-0.15, -0.1) is 0 Å². The molecule has 1 atom stereocenters. The Hall–Kier alpha value is -0.870. The SMILES string of the molecule is CNC(CS(=O)(=O)CCC(C)C)c1ccc(C(C)C)cc1. The highest BCUT2D eigenvalue weighted by Crippen LogP contribution is 2.20. The van der Waals surface area contributed by atoms with E-state index < -0.39 is 9.84 Å². The van der Waals surface area contributed by atoms with E-state index in [4.69, 9.17) is 0 Å². The van der Waals surface area contributed by atoms with E-state index in [1.165, 1.54) is 5.56 Å². The summed E-state index contributed by atoms with van der Waals surface area (Å²) in [6, 6.07) is 8.11. The summed E-state index contributed by atoms with van der Waals surface area (Å²) in [7, 11) is -1.21. The zero-order valence-electron chi connectivity index (χ0n) is 13.9. The highest BCUT2D eigenvalue weighted by Gasteiger charge is 2.20. The van der Waals surface area contributed by atoms with Crippen LogP contribution in [0.2, 0.25) is 0 Å². The van der Waals surface area contributed by atoms with Crippen LogP contribution in [0.4, 0.5) is 0 Å². The molecule has 0 saturated carbocycles. The van der Waals surface area contributed by atoms with Gasteiger partial charge in [-0.05, 0) is 36.4 Å². The van der Waals surface area contributed by atoms with Gasteiger partial charge in [-0.2, -0.15) is 0 Å². The second kappa shape index (κ2) is 7.95. The lowest BCUT2D eigenvalue weighted by atomic mass is 10.00. The first-order chi connectivity index (χ1) is 9.75. The van der Waals surface area contributed by atoms with Gasteiger partial charge in [0.1, 0.15) is 0 Å². The number of sulfone groups is 1. The number of benzene rings is 1. The van der Waals surface area contributed by atoms with Gasteiger partial charge in [0.2, 0.25) is 0 Å². The standard InChI is InChI=1S/C17H29NO2S/c1-13(2)10-11-21(19,20)12-17(18-5)16-8-6-15(7-9-16)14(3)4/h6-9,13-14,17-18H,10-12H2,1-5H3. The fourth-order valence-electron chi connectivity index (χ4n) is 2.21. The summed E-state index contributed by atoms with van der Waals surface area (Å²) in [4.78, 5) is 0. The Morgan fingerprint density at radius 2 is 1.52 bits per heavy atom. The molecule has 1 rings (SSSR count). The molecular weight excluding hydrogens is 282 g/mol. The molecule has 0 fully saturated rings. The van der Waals surface area contributed by atoms with Gasteiger partial charge >= 0.3 is 0 Å². The van der Waals surface area contributed by atoms with Crippen LogP contribution in [-0.4, -0.2) is 27.0 Å². The van der Waals surface area contributed by atoms with E-state index in [-0.39, 0.29) is 17.5 Å². The van der Waals surface area contributed by atoms with Crippen LogP contribution in [0.5, 0.6) is 0 Å². The highest BCUT2D eigenvalue weighted by molar-refractivity contribution is 7.91. The minimum Gasteiger partial charge on any atom is -0.312 e. The van der Waals surface area contributed by atoms with Gasteiger partial charge in [-0.3, -0.25) is 0 Å². The molecule has 1 aromatic rings. The van der Waals surface area contributed by atoms with Crippen LogP contribution >= 0.6 is 0 Å². The third-order valence-corrected chi connectivity index (χ3v) is 5.48. The van der Waals surface area contributed by atoms with Crippen molar-refractivity contribution in [3.63, 3.8) is 0 Å². The highest BCUT2D eigenvalue weighted by atomic mass is 32.2. The third-order valence-electron chi connectivity index (χ3n) is 3.78. The minimum absolute atomic E-state index is 0.136. The number of nitrogens with one attached hydrogen (secondary N) is 1. The molecule has 120 valence electrons. The van der Waals surface area contributed by atoms with Crippen molar-refractivity contribution in [3.8, 4) is 0 Å². The largest absolute Gasteiger partial charge is 0.312 e. The molecule has 0 heterocycles. The Balaban J connectivity index is 2.78. The van der Waals surface area contributed by atoms with Crippen LogP contribution in [0.1, 0.15) is 57.2 Å². The van der Waals surface area contributed by atoms with Gasteiger partial charge in [0.15, 0.2) is 9.84 Å². The molecule has 4 heteroatoms. The Kier molecular flexibility index (Phi) is 6.88. The second-order valence-corrected chi connectivity index (χ2v) is 8.69. The first-order valence-electron chi connectivity index (χ1n) is 7.72. The molecule has 21 heavy (non-hydrogen) atoms. The van der Waals surface area contributed by atoms with Crippen LogP contribution in [0.25, 0.3) is 0 Å². The van der Waals surface area contributed by atoms with Crippen LogP contribution in [-0.2, 0) is 9.84 Å². The average molecular weight is 311 g/mol. The topological polar surface area (TPSA) is 46.2 Å². The van der Waals surface area contributed by atoms with Crippen molar-refractivity contribution in [3.05, 3.63) is 35.4 Å². The van der Waals surface area contributed by atoms with E-state index in [0.29, 0.717) is 11.8 Å². The maximum atomic E-state index is 12.2. The molecule has 0 aliphatic carbocycles. The summed E-state index contributed by atoms with van der Waals surface area (Å²) in [5.41, 5.74) is 2.31. The second-order valence-electron chi connectivity index (χ2n) is 6.46. The van der Waals surface area contributed by atoms with Crippen molar-refractivity contribution in [1.29, 1.82) is 0 Å².